The van der Waals surface area contributed by atoms with Crippen LogP contribution in [0.3, 0.4) is 0 Å². The molecule has 0 unspecified atom stereocenters. The Bertz CT molecular complexity index is 1870. The van der Waals surface area contributed by atoms with Crippen LogP contribution in [0.2, 0.25) is 0 Å². The van der Waals surface area contributed by atoms with E-state index in [4.69, 9.17) is 9.11 Å². The lowest BCUT2D eigenvalue weighted by molar-refractivity contribution is 0.284. The average Bonchev–Trinajstić information content (AvgIpc) is 2.79. The number of nitrogens with one attached hydrogen (secondary N) is 1. The smallest absolute Gasteiger partial charge is 0.397 e. The van der Waals surface area contributed by atoms with Gasteiger partial charge in [-0.1, -0.05) is 0 Å². The number of rotatable bonds is 11. The second-order valence-corrected chi connectivity index (χ2v) is 13.7. The van der Waals surface area contributed by atoms with E-state index in [2.05, 4.69) is 19.7 Å². The summed E-state index contributed by atoms with van der Waals surface area (Å²) in [5.74, 6) is -2.31. The number of nitrogens with zero attached hydrogens (tertiary/aromatic N) is 2. The third-order valence-corrected chi connectivity index (χ3v) is 8.35. The van der Waals surface area contributed by atoms with Crippen molar-refractivity contribution in [2.75, 3.05) is 23.6 Å². The van der Waals surface area contributed by atoms with Crippen LogP contribution >= 0.6 is 0 Å². The van der Waals surface area contributed by atoms with Crippen LogP contribution in [0, 0.1) is 0 Å². The van der Waals surface area contributed by atoms with Crippen LogP contribution in [0.4, 0.5) is 17.1 Å². The molecule has 0 amide bonds. The first-order valence-corrected chi connectivity index (χ1v) is 16.2. The van der Waals surface area contributed by atoms with Gasteiger partial charge in [-0.3, -0.25) is 13.7 Å². The molecule has 0 radical (unpaired) electrons. The minimum atomic E-state index is -4.82. The molecule has 16 nitrogen and oxygen atoms in total. The van der Waals surface area contributed by atoms with Gasteiger partial charge in [0.15, 0.2) is 9.84 Å². The van der Waals surface area contributed by atoms with E-state index in [1.165, 1.54) is 24.3 Å². The maximum Gasteiger partial charge on any atom is 0.397 e. The molecule has 0 fully saturated rings. The van der Waals surface area contributed by atoms with Gasteiger partial charge in [0.2, 0.25) is 0 Å². The summed E-state index contributed by atoms with van der Waals surface area (Å²) in [5.41, 5.74) is -0.235. The summed E-state index contributed by atoms with van der Waals surface area (Å²) >= 11 is 0. The maximum absolute atomic E-state index is 12.3. The predicted octanol–water partition coefficient (Wildman–Crippen LogP) is 2.06. The van der Waals surface area contributed by atoms with Crippen molar-refractivity contribution in [3.8, 4) is 5.75 Å². The highest BCUT2D eigenvalue weighted by atomic mass is 32.3. The first-order valence-electron chi connectivity index (χ1n) is 10.2. The SMILES string of the molecule is O=S(=O)(O)CNc1ccc2c(O)cc(S(=O)(=O)O)cc2c1N=Nc1ccc(S(=O)(=O)CCOS(=O)(=O)O)cc1. The Balaban J connectivity index is 2.02. The van der Waals surface area contributed by atoms with Gasteiger partial charge >= 0.3 is 10.4 Å². The zero-order valence-electron chi connectivity index (χ0n) is 19.2. The van der Waals surface area contributed by atoms with Gasteiger partial charge in [0.25, 0.3) is 20.2 Å². The molecule has 0 saturated carbocycles. The van der Waals surface area contributed by atoms with E-state index in [0.717, 1.165) is 24.3 Å². The van der Waals surface area contributed by atoms with Crippen LogP contribution in [0.25, 0.3) is 10.8 Å². The zero-order chi connectivity index (χ0) is 29.2. The molecule has 0 aliphatic rings. The third kappa shape index (κ3) is 8.37. The molecule has 0 saturated heterocycles. The lowest BCUT2D eigenvalue weighted by Gasteiger charge is -2.12. The van der Waals surface area contributed by atoms with E-state index < -0.39 is 69.4 Å². The molecule has 5 N–H and O–H groups in total. The molecule has 39 heavy (non-hydrogen) atoms. The predicted molar refractivity (Wildman–Crippen MR) is 136 cm³/mol. The summed E-state index contributed by atoms with van der Waals surface area (Å²) in [6.45, 7) is -0.832. The fraction of sp³-hybridized carbons (Fsp3) is 0.158. The van der Waals surface area contributed by atoms with Crippen LogP contribution in [-0.4, -0.2) is 70.7 Å². The van der Waals surface area contributed by atoms with Gasteiger partial charge in [-0.15, -0.1) is 5.11 Å². The molecular formula is C19H19N3O13S4. The molecule has 20 heteroatoms. The van der Waals surface area contributed by atoms with Crippen LogP contribution in [-0.2, 0) is 44.7 Å². The number of hydrogen-bond donors (Lipinski definition) is 5. The van der Waals surface area contributed by atoms with E-state index in [9.17, 15) is 43.3 Å². The fourth-order valence-electron chi connectivity index (χ4n) is 3.14. The van der Waals surface area contributed by atoms with E-state index in [1.54, 1.807) is 0 Å². The molecule has 3 aromatic rings. The molecule has 0 aliphatic carbocycles. The zero-order valence-corrected chi connectivity index (χ0v) is 22.5. The van der Waals surface area contributed by atoms with Crippen LogP contribution < -0.4 is 5.32 Å². The van der Waals surface area contributed by atoms with Gasteiger partial charge < -0.3 is 10.4 Å². The highest BCUT2D eigenvalue weighted by molar-refractivity contribution is 7.91. The van der Waals surface area contributed by atoms with Gasteiger partial charge in [-0.2, -0.15) is 30.4 Å². The van der Waals surface area contributed by atoms with Crippen molar-refractivity contribution in [3.63, 3.8) is 0 Å². The molecule has 0 spiro atoms. The van der Waals surface area contributed by atoms with Gasteiger partial charge in [0.05, 0.1) is 33.5 Å². The minimum Gasteiger partial charge on any atom is -0.507 e. The van der Waals surface area contributed by atoms with Crippen LogP contribution in [0.1, 0.15) is 0 Å². The number of sulfone groups is 1. The Morgan fingerprint density at radius 2 is 1.41 bits per heavy atom. The lowest BCUT2D eigenvalue weighted by Crippen LogP contribution is -2.15. The van der Waals surface area contributed by atoms with Gasteiger partial charge in [0, 0.05) is 16.8 Å². The molecule has 0 atom stereocenters. The van der Waals surface area contributed by atoms with Gasteiger partial charge in [-0.25, -0.2) is 12.6 Å². The average molecular weight is 626 g/mol. The van der Waals surface area contributed by atoms with Crippen molar-refractivity contribution in [2.24, 2.45) is 10.2 Å². The molecule has 0 heterocycles. The molecular weight excluding hydrogens is 606 g/mol. The summed E-state index contributed by atoms with van der Waals surface area (Å²) in [7, 11) is -18.1. The number of hydrogen-bond acceptors (Lipinski definition) is 13. The first-order chi connectivity index (χ1) is 17.9. The minimum absolute atomic E-state index is 0.0438. The highest BCUT2D eigenvalue weighted by Gasteiger charge is 2.19. The number of phenolic OH excluding ortho intramolecular Hbond substituents is 1. The number of phenols is 1. The van der Waals surface area contributed by atoms with Crippen molar-refractivity contribution in [2.45, 2.75) is 9.79 Å². The Labute approximate surface area is 222 Å². The molecule has 3 rings (SSSR count). The van der Waals surface area contributed by atoms with Gasteiger partial charge in [0.1, 0.15) is 17.3 Å². The quantitative estimate of drug-likeness (QED) is 0.151. The molecule has 212 valence electrons. The largest absolute Gasteiger partial charge is 0.507 e. The molecule has 3 aromatic carbocycles. The lowest BCUT2D eigenvalue weighted by atomic mass is 10.1. The maximum atomic E-state index is 12.3. The second kappa shape index (κ2) is 11.1. The van der Waals surface area contributed by atoms with E-state index in [1.807, 2.05) is 0 Å². The van der Waals surface area contributed by atoms with E-state index >= 15 is 0 Å². The summed E-state index contributed by atoms with van der Waals surface area (Å²) in [5, 5.41) is 20.5. The molecule has 0 aromatic heterocycles. The van der Waals surface area contributed by atoms with Gasteiger partial charge in [-0.05, 0) is 42.5 Å². The summed E-state index contributed by atoms with van der Waals surface area (Å²) in [6.07, 6.45) is 0. The van der Waals surface area contributed by atoms with E-state index in [-0.39, 0.29) is 32.7 Å². The van der Waals surface area contributed by atoms with Crippen LogP contribution in [0.5, 0.6) is 5.75 Å². The second-order valence-electron chi connectivity index (χ2n) is 7.64. The Morgan fingerprint density at radius 1 is 0.769 bits per heavy atom. The Hall–Kier alpha value is -3.24. The van der Waals surface area contributed by atoms with Crippen molar-refractivity contribution in [3.05, 3.63) is 48.5 Å². The number of anilines is 1. The Kier molecular flexibility index (Phi) is 8.62. The number of benzene rings is 3. The summed E-state index contributed by atoms with van der Waals surface area (Å²) < 4.78 is 123. The topological polar surface area (TPSA) is 263 Å². The normalized spacial score (nSPS) is 13.2. The summed E-state index contributed by atoms with van der Waals surface area (Å²) in [6, 6.07) is 8.91. The fourth-order valence-corrected chi connectivity index (χ4v) is 5.49. The van der Waals surface area contributed by atoms with Crippen molar-refractivity contribution < 1.29 is 56.6 Å². The van der Waals surface area contributed by atoms with E-state index in [0.29, 0.717) is 0 Å². The standard InChI is InChI=1S/C19H19N3O13S4/c23-18-10-14(38(29,30)31)9-16-15(18)5-6-17(20-11-37(26,27)28)19(16)22-21-12-1-3-13(4-2-12)36(24,25)8-7-35-39(32,33)34/h1-6,9-10,20,23H,7-8,11H2,(H,26,27,28)(H,29,30,31)(H,32,33,34). The van der Waals surface area contributed by atoms with Crippen molar-refractivity contribution in [1.82, 2.24) is 0 Å². The number of azo groups is 1. The first kappa shape index (κ1) is 30.3. The van der Waals surface area contributed by atoms with Crippen molar-refractivity contribution in [1.29, 1.82) is 0 Å². The molecule has 0 aliphatic heterocycles. The third-order valence-electron chi connectivity index (χ3n) is 4.85. The van der Waals surface area contributed by atoms with Crippen molar-refractivity contribution >= 4 is 68.3 Å². The summed E-state index contributed by atoms with van der Waals surface area (Å²) in [4.78, 5) is -0.952. The Morgan fingerprint density at radius 3 is 1.97 bits per heavy atom. The highest BCUT2D eigenvalue weighted by Crippen LogP contribution is 2.40. The number of aromatic hydroxyl groups is 1. The van der Waals surface area contributed by atoms with Crippen LogP contribution in [0.15, 0.2) is 68.6 Å². The number of fused-ring (bicyclic) bond motifs is 1. The molecule has 0 bridgehead atoms. The monoisotopic (exact) mass is 625 g/mol.